The Morgan fingerprint density at radius 3 is 2.93 bits per heavy atom. The van der Waals surface area contributed by atoms with E-state index in [9.17, 15) is 4.39 Å². The Bertz CT molecular complexity index is 340. The van der Waals surface area contributed by atoms with Gasteiger partial charge in [0, 0.05) is 11.7 Å². The molecule has 76 valence electrons. The van der Waals surface area contributed by atoms with Crippen molar-refractivity contribution in [3.63, 3.8) is 0 Å². The second-order valence-corrected chi connectivity index (χ2v) is 4.40. The Labute approximate surface area is 83.3 Å². The fourth-order valence-corrected chi connectivity index (χ4v) is 2.28. The maximum Gasteiger partial charge on any atom is 0.141 e. The van der Waals surface area contributed by atoms with Crippen LogP contribution >= 0.6 is 0 Å². The third kappa shape index (κ3) is 1.64. The number of halogens is 1. The lowest BCUT2D eigenvalue weighted by molar-refractivity contribution is 0.435. The van der Waals surface area contributed by atoms with E-state index in [4.69, 9.17) is 5.73 Å². The SMILES string of the molecule is CC1CCC(N)(c2cncc(F)c2)C1. The van der Waals surface area contributed by atoms with Gasteiger partial charge < -0.3 is 5.73 Å². The van der Waals surface area contributed by atoms with Gasteiger partial charge in [0.05, 0.1) is 6.20 Å². The van der Waals surface area contributed by atoms with Gasteiger partial charge >= 0.3 is 0 Å². The molecule has 0 amide bonds. The van der Waals surface area contributed by atoms with Crippen molar-refractivity contribution in [3.05, 3.63) is 29.8 Å². The second kappa shape index (κ2) is 3.31. The molecule has 1 aliphatic carbocycles. The fourth-order valence-electron chi connectivity index (χ4n) is 2.28. The zero-order valence-electron chi connectivity index (χ0n) is 8.33. The molecule has 0 aliphatic heterocycles. The minimum Gasteiger partial charge on any atom is -0.321 e. The van der Waals surface area contributed by atoms with Gasteiger partial charge in [-0.15, -0.1) is 0 Å². The van der Waals surface area contributed by atoms with Crippen LogP contribution in [0.3, 0.4) is 0 Å². The standard InChI is InChI=1S/C11H15FN2/c1-8-2-3-11(13,5-8)9-4-10(12)7-14-6-9/h4,6-8H,2-3,5,13H2,1H3. The van der Waals surface area contributed by atoms with Crippen LogP contribution in [0.5, 0.6) is 0 Å². The van der Waals surface area contributed by atoms with Gasteiger partial charge in [0.25, 0.3) is 0 Å². The van der Waals surface area contributed by atoms with Crippen LogP contribution in [-0.4, -0.2) is 4.98 Å². The number of pyridine rings is 1. The van der Waals surface area contributed by atoms with E-state index in [1.54, 1.807) is 6.20 Å². The number of rotatable bonds is 1. The molecule has 2 rings (SSSR count). The molecule has 0 aromatic carbocycles. The Kier molecular flexibility index (Phi) is 2.27. The van der Waals surface area contributed by atoms with Crippen molar-refractivity contribution in [2.75, 3.05) is 0 Å². The van der Waals surface area contributed by atoms with Crippen LogP contribution in [-0.2, 0) is 5.54 Å². The molecule has 0 spiro atoms. The number of aromatic nitrogens is 1. The van der Waals surface area contributed by atoms with Crippen molar-refractivity contribution >= 4 is 0 Å². The molecule has 2 N–H and O–H groups in total. The van der Waals surface area contributed by atoms with Gasteiger partial charge in [-0.25, -0.2) is 4.39 Å². The quantitative estimate of drug-likeness (QED) is 0.744. The van der Waals surface area contributed by atoms with Crippen molar-refractivity contribution in [1.29, 1.82) is 0 Å². The number of nitrogens with zero attached hydrogens (tertiary/aromatic N) is 1. The summed E-state index contributed by atoms with van der Waals surface area (Å²) in [6.45, 7) is 2.18. The van der Waals surface area contributed by atoms with E-state index in [-0.39, 0.29) is 11.4 Å². The highest BCUT2D eigenvalue weighted by Crippen LogP contribution is 2.39. The van der Waals surface area contributed by atoms with Gasteiger partial charge in [-0.05, 0) is 36.8 Å². The molecular weight excluding hydrogens is 179 g/mol. The number of nitrogens with two attached hydrogens (primary N) is 1. The average molecular weight is 194 g/mol. The zero-order valence-corrected chi connectivity index (χ0v) is 8.33. The lowest BCUT2D eigenvalue weighted by atomic mass is 9.90. The Hall–Kier alpha value is -0.960. The van der Waals surface area contributed by atoms with Gasteiger partial charge in [0.2, 0.25) is 0 Å². The lowest BCUT2D eigenvalue weighted by Gasteiger charge is -2.24. The van der Waals surface area contributed by atoms with Crippen LogP contribution < -0.4 is 5.73 Å². The normalized spacial score (nSPS) is 32.1. The summed E-state index contributed by atoms with van der Waals surface area (Å²) in [5.74, 6) is 0.329. The minimum absolute atomic E-state index is 0.299. The summed E-state index contributed by atoms with van der Waals surface area (Å²) in [7, 11) is 0. The van der Waals surface area contributed by atoms with Gasteiger partial charge in [0.1, 0.15) is 5.82 Å². The third-order valence-corrected chi connectivity index (χ3v) is 3.08. The van der Waals surface area contributed by atoms with Crippen LogP contribution in [0.15, 0.2) is 18.5 Å². The van der Waals surface area contributed by atoms with E-state index in [1.165, 1.54) is 12.3 Å². The molecule has 2 unspecified atom stereocenters. The fraction of sp³-hybridized carbons (Fsp3) is 0.545. The van der Waals surface area contributed by atoms with E-state index in [1.807, 2.05) is 0 Å². The highest BCUT2D eigenvalue weighted by Gasteiger charge is 2.35. The first-order valence-corrected chi connectivity index (χ1v) is 5.00. The maximum atomic E-state index is 13.0. The summed E-state index contributed by atoms with van der Waals surface area (Å²) in [4.78, 5) is 3.84. The van der Waals surface area contributed by atoms with Crippen LogP contribution in [0.25, 0.3) is 0 Å². The Morgan fingerprint density at radius 1 is 1.57 bits per heavy atom. The molecule has 1 aromatic heterocycles. The lowest BCUT2D eigenvalue weighted by Crippen LogP contribution is -2.33. The monoisotopic (exact) mass is 194 g/mol. The average Bonchev–Trinajstić information content (AvgIpc) is 2.48. The third-order valence-electron chi connectivity index (χ3n) is 3.08. The maximum absolute atomic E-state index is 13.0. The first kappa shape index (κ1) is 9.59. The molecule has 1 saturated carbocycles. The summed E-state index contributed by atoms with van der Waals surface area (Å²) in [5, 5.41) is 0. The van der Waals surface area contributed by atoms with Crippen LogP contribution in [0, 0.1) is 11.7 Å². The molecule has 3 heteroatoms. The number of hydrogen-bond acceptors (Lipinski definition) is 2. The molecule has 1 fully saturated rings. The van der Waals surface area contributed by atoms with E-state index >= 15 is 0 Å². The first-order chi connectivity index (χ1) is 6.60. The Morgan fingerprint density at radius 2 is 2.36 bits per heavy atom. The Balaban J connectivity index is 2.30. The highest BCUT2D eigenvalue weighted by molar-refractivity contribution is 5.22. The predicted molar refractivity (Wildman–Crippen MR) is 53.1 cm³/mol. The van der Waals surface area contributed by atoms with E-state index in [0.29, 0.717) is 5.92 Å². The molecule has 0 radical (unpaired) electrons. The van der Waals surface area contributed by atoms with Crippen LogP contribution in [0.4, 0.5) is 4.39 Å². The van der Waals surface area contributed by atoms with Crippen molar-refractivity contribution in [3.8, 4) is 0 Å². The zero-order chi connectivity index (χ0) is 10.2. The van der Waals surface area contributed by atoms with Crippen molar-refractivity contribution < 1.29 is 4.39 Å². The first-order valence-electron chi connectivity index (χ1n) is 5.00. The van der Waals surface area contributed by atoms with Gasteiger partial charge in [-0.3, -0.25) is 4.98 Å². The second-order valence-electron chi connectivity index (χ2n) is 4.40. The van der Waals surface area contributed by atoms with Gasteiger partial charge in [-0.1, -0.05) is 6.92 Å². The largest absolute Gasteiger partial charge is 0.321 e. The van der Waals surface area contributed by atoms with E-state index in [2.05, 4.69) is 11.9 Å². The van der Waals surface area contributed by atoms with Crippen molar-refractivity contribution in [2.24, 2.45) is 11.7 Å². The van der Waals surface area contributed by atoms with Gasteiger partial charge in [-0.2, -0.15) is 0 Å². The summed E-state index contributed by atoms with van der Waals surface area (Å²) >= 11 is 0. The van der Waals surface area contributed by atoms with Crippen molar-refractivity contribution in [1.82, 2.24) is 4.98 Å². The molecule has 2 nitrogen and oxygen atoms in total. The summed E-state index contributed by atoms with van der Waals surface area (Å²) in [6, 6.07) is 1.50. The molecule has 0 saturated heterocycles. The molecular formula is C11H15FN2. The molecule has 14 heavy (non-hydrogen) atoms. The summed E-state index contributed by atoms with van der Waals surface area (Å²) < 4.78 is 13.0. The van der Waals surface area contributed by atoms with Crippen LogP contribution in [0.1, 0.15) is 31.7 Å². The van der Waals surface area contributed by atoms with Gasteiger partial charge in [0.15, 0.2) is 0 Å². The van der Waals surface area contributed by atoms with Crippen LogP contribution in [0.2, 0.25) is 0 Å². The van der Waals surface area contributed by atoms with E-state index < -0.39 is 0 Å². The van der Waals surface area contributed by atoms with Crippen molar-refractivity contribution in [2.45, 2.75) is 31.7 Å². The molecule has 1 aromatic rings. The minimum atomic E-state index is -0.353. The molecule has 0 bridgehead atoms. The number of hydrogen-bond donors (Lipinski definition) is 1. The molecule has 1 heterocycles. The van der Waals surface area contributed by atoms with E-state index in [0.717, 1.165) is 24.8 Å². The highest BCUT2D eigenvalue weighted by atomic mass is 19.1. The smallest absolute Gasteiger partial charge is 0.141 e. The molecule has 2 atom stereocenters. The summed E-state index contributed by atoms with van der Waals surface area (Å²) in [5.41, 5.74) is 6.72. The summed E-state index contributed by atoms with van der Waals surface area (Å²) in [6.07, 6.45) is 5.87. The molecule has 1 aliphatic rings. The predicted octanol–water partition coefficient (Wildman–Crippen LogP) is 2.19. The topological polar surface area (TPSA) is 38.9 Å².